The van der Waals surface area contributed by atoms with Crippen molar-refractivity contribution >= 4 is 27.8 Å². The lowest BCUT2D eigenvalue weighted by Gasteiger charge is -2.18. The number of nitrogens with one attached hydrogen (secondary N) is 2. The van der Waals surface area contributed by atoms with Gasteiger partial charge in [0.1, 0.15) is 11.3 Å². The van der Waals surface area contributed by atoms with Gasteiger partial charge in [0, 0.05) is 36.1 Å². The molecule has 6 aromatic rings. The second-order valence-electron chi connectivity index (χ2n) is 9.60. The van der Waals surface area contributed by atoms with Crippen LogP contribution < -0.4 is 11.5 Å². The molecule has 0 aliphatic carbocycles. The predicted molar refractivity (Wildman–Crippen MR) is 147 cm³/mol. The molecule has 9 nitrogen and oxygen atoms in total. The Morgan fingerprint density at radius 1 is 0.947 bits per heavy atom. The number of nitrogen functional groups attached to an aromatic ring is 1. The second kappa shape index (κ2) is 9.33. The molecule has 190 valence electrons. The summed E-state index contributed by atoms with van der Waals surface area (Å²) in [7, 11) is 3.88. The maximum atomic E-state index is 14.7. The zero-order chi connectivity index (χ0) is 26.4. The van der Waals surface area contributed by atoms with Crippen LogP contribution in [0.2, 0.25) is 0 Å². The van der Waals surface area contributed by atoms with E-state index in [9.17, 15) is 4.39 Å². The maximum absolute atomic E-state index is 14.7. The molecule has 0 saturated heterocycles. The number of hydrogen-bond donors (Lipinski definition) is 4. The molecule has 4 heterocycles. The van der Waals surface area contributed by atoms with Gasteiger partial charge in [0.25, 0.3) is 0 Å². The number of aromatic nitrogens is 6. The summed E-state index contributed by atoms with van der Waals surface area (Å²) in [6.45, 7) is 0.604. The van der Waals surface area contributed by atoms with E-state index < -0.39 is 0 Å². The molecule has 38 heavy (non-hydrogen) atoms. The summed E-state index contributed by atoms with van der Waals surface area (Å²) >= 11 is 0. The third-order valence-corrected chi connectivity index (χ3v) is 6.42. The quantitative estimate of drug-likeness (QED) is 0.260. The highest BCUT2D eigenvalue weighted by Crippen LogP contribution is 2.33. The highest BCUT2D eigenvalue weighted by Gasteiger charge is 2.18. The summed E-state index contributed by atoms with van der Waals surface area (Å²) in [6.07, 6.45) is 3.31. The number of aromatic amines is 2. The van der Waals surface area contributed by atoms with Crippen LogP contribution in [0, 0.1) is 5.82 Å². The summed E-state index contributed by atoms with van der Waals surface area (Å²) in [5.41, 5.74) is 20.1. The van der Waals surface area contributed by atoms with E-state index in [0.717, 1.165) is 33.4 Å². The predicted octanol–water partition coefficient (Wildman–Crippen LogP) is 4.51. The Bertz CT molecular complexity index is 1790. The van der Waals surface area contributed by atoms with E-state index in [1.54, 1.807) is 12.4 Å². The van der Waals surface area contributed by atoms with Crippen molar-refractivity contribution in [2.75, 3.05) is 26.4 Å². The summed E-state index contributed by atoms with van der Waals surface area (Å²) in [4.78, 5) is 19.2. The Hall–Kier alpha value is -4.67. The van der Waals surface area contributed by atoms with Gasteiger partial charge < -0.3 is 21.4 Å². The van der Waals surface area contributed by atoms with Crippen molar-refractivity contribution in [1.82, 2.24) is 35.0 Å². The average molecular weight is 508 g/mol. The van der Waals surface area contributed by atoms with E-state index >= 15 is 0 Å². The Morgan fingerprint density at radius 2 is 1.82 bits per heavy atom. The molecule has 0 saturated carbocycles. The van der Waals surface area contributed by atoms with Crippen LogP contribution in [0.25, 0.3) is 56.0 Å². The number of hydrogen-bond acceptors (Lipinski definition) is 7. The van der Waals surface area contributed by atoms with Gasteiger partial charge in [0.15, 0.2) is 11.5 Å². The van der Waals surface area contributed by atoms with Crippen LogP contribution in [0.1, 0.15) is 11.6 Å². The van der Waals surface area contributed by atoms with Crippen LogP contribution in [0.15, 0.2) is 67.0 Å². The number of anilines is 1. The zero-order valence-corrected chi connectivity index (χ0v) is 20.9. The number of nitrogens with zero attached hydrogens (tertiary/aromatic N) is 5. The van der Waals surface area contributed by atoms with Crippen molar-refractivity contribution in [3.8, 4) is 33.9 Å². The van der Waals surface area contributed by atoms with Gasteiger partial charge in [0.2, 0.25) is 0 Å². The minimum absolute atomic E-state index is 0.320. The molecule has 6 N–H and O–H groups in total. The zero-order valence-electron chi connectivity index (χ0n) is 20.9. The van der Waals surface area contributed by atoms with E-state index in [1.807, 2.05) is 61.5 Å². The Labute approximate surface area is 217 Å². The standard InChI is InChI=1S/C28H26FN9/c1-38(2)14-21(31)16-8-15(9-18(29)10-16)20-4-3-5-23-25(20)35-28(34-23)27-26-24(36-37-27)7-6-22(33-26)17-11-19(30)13-32-12-17/h3-13,21H,14,30-31H2,1-2H3,(H,34,35)(H,36,37). The third-order valence-electron chi connectivity index (χ3n) is 6.42. The number of imidazole rings is 1. The van der Waals surface area contributed by atoms with Crippen LogP contribution in [0.4, 0.5) is 10.1 Å². The highest BCUT2D eigenvalue weighted by molar-refractivity contribution is 5.96. The Morgan fingerprint density at radius 3 is 2.63 bits per heavy atom. The fraction of sp³-hybridized carbons (Fsp3) is 0.143. The fourth-order valence-corrected chi connectivity index (χ4v) is 4.68. The molecule has 4 aromatic heterocycles. The second-order valence-corrected chi connectivity index (χ2v) is 9.60. The van der Waals surface area contributed by atoms with Crippen molar-refractivity contribution in [3.05, 3.63) is 78.4 Å². The minimum Gasteiger partial charge on any atom is -0.397 e. The smallest absolute Gasteiger partial charge is 0.161 e. The van der Waals surface area contributed by atoms with Crippen LogP contribution in [0.3, 0.4) is 0 Å². The SMILES string of the molecule is CN(C)CC(N)c1cc(F)cc(-c2cccc3[nH]c(-c4n[nH]c5ccc(-c6cncc(N)c6)nc45)nc23)c1. The summed E-state index contributed by atoms with van der Waals surface area (Å²) in [5.74, 6) is 0.209. The first kappa shape index (κ1) is 23.7. The van der Waals surface area contributed by atoms with Crippen LogP contribution in [-0.4, -0.2) is 55.7 Å². The molecule has 0 radical (unpaired) electrons. The molecule has 0 amide bonds. The number of H-pyrrole nitrogens is 2. The van der Waals surface area contributed by atoms with Gasteiger partial charge in [-0.2, -0.15) is 5.10 Å². The number of para-hydroxylation sites is 1. The number of halogens is 1. The van der Waals surface area contributed by atoms with Gasteiger partial charge in [-0.05, 0) is 67.7 Å². The first-order valence-corrected chi connectivity index (χ1v) is 12.1. The number of benzene rings is 2. The highest BCUT2D eigenvalue weighted by atomic mass is 19.1. The average Bonchev–Trinajstić information content (AvgIpc) is 3.51. The lowest BCUT2D eigenvalue weighted by Crippen LogP contribution is -2.26. The first-order chi connectivity index (χ1) is 18.4. The van der Waals surface area contributed by atoms with Gasteiger partial charge in [0.05, 0.1) is 27.9 Å². The molecule has 2 aromatic carbocycles. The number of rotatable bonds is 6. The van der Waals surface area contributed by atoms with Gasteiger partial charge in [-0.25, -0.2) is 14.4 Å². The van der Waals surface area contributed by atoms with Gasteiger partial charge in [-0.15, -0.1) is 0 Å². The molecule has 0 bridgehead atoms. The maximum Gasteiger partial charge on any atom is 0.161 e. The van der Waals surface area contributed by atoms with Crippen molar-refractivity contribution in [1.29, 1.82) is 0 Å². The van der Waals surface area contributed by atoms with Crippen molar-refractivity contribution in [3.63, 3.8) is 0 Å². The molecule has 1 unspecified atom stereocenters. The number of pyridine rings is 2. The van der Waals surface area contributed by atoms with Crippen LogP contribution in [0.5, 0.6) is 0 Å². The van der Waals surface area contributed by atoms with Gasteiger partial charge >= 0.3 is 0 Å². The topological polar surface area (TPSA) is 138 Å². The summed E-state index contributed by atoms with van der Waals surface area (Å²) in [6, 6.07) is 16.0. The van der Waals surface area contributed by atoms with Crippen LogP contribution >= 0.6 is 0 Å². The molecule has 10 heteroatoms. The fourth-order valence-electron chi connectivity index (χ4n) is 4.68. The van der Waals surface area contributed by atoms with Crippen molar-refractivity contribution in [2.45, 2.75) is 6.04 Å². The monoisotopic (exact) mass is 507 g/mol. The van der Waals surface area contributed by atoms with Crippen molar-refractivity contribution in [2.24, 2.45) is 5.73 Å². The lowest BCUT2D eigenvalue weighted by atomic mass is 9.98. The first-order valence-electron chi connectivity index (χ1n) is 12.1. The molecule has 6 rings (SSSR count). The molecule has 1 atom stereocenters. The van der Waals surface area contributed by atoms with E-state index in [2.05, 4.69) is 20.2 Å². The van der Waals surface area contributed by atoms with Gasteiger partial charge in [-0.3, -0.25) is 10.1 Å². The Balaban J connectivity index is 1.44. The summed E-state index contributed by atoms with van der Waals surface area (Å²) in [5, 5.41) is 7.52. The largest absolute Gasteiger partial charge is 0.397 e. The third kappa shape index (κ3) is 4.36. The number of fused-ring (bicyclic) bond motifs is 2. The van der Waals surface area contributed by atoms with E-state index in [1.165, 1.54) is 12.1 Å². The Kier molecular flexibility index (Phi) is 5.82. The molecule has 0 fully saturated rings. The summed E-state index contributed by atoms with van der Waals surface area (Å²) < 4.78 is 14.7. The molecule has 0 spiro atoms. The molecule has 0 aliphatic rings. The van der Waals surface area contributed by atoms with E-state index in [-0.39, 0.29) is 11.9 Å². The minimum atomic E-state index is -0.342. The number of likely N-dealkylation sites (N-methyl/N-ethyl adjacent to an activating group) is 1. The number of nitrogens with two attached hydrogens (primary N) is 2. The van der Waals surface area contributed by atoms with Crippen LogP contribution in [-0.2, 0) is 0 Å². The lowest BCUT2D eigenvalue weighted by molar-refractivity contribution is 0.376. The van der Waals surface area contributed by atoms with E-state index in [4.69, 9.17) is 21.4 Å². The molecular formula is C28H26FN9. The molecule has 0 aliphatic heterocycles. The van der Waals surface area contributed by atoms with E-state index in [0.29, 0.717) is 40.3 Å². The normalized spacial score (nSPS) is 12.6. The van der Waals surface area contributed by atoms with Gasteiger partial charge in [-0.1, -0.05) is 12.1 Å². The van der Waals surface area contributed by atoms with Crippen molar-refractivity contribution < 1.29 is 4.39 Å². The molecular weight excluding hydrogens is 481 g/mol.